The third kappa shape index (κ3) is 36.3. The number of carbonyl (C=O) groups is 2. The van der Waals surface area contributed by atoms with E-state index >= 15 is 0 Å². The molecule has 0 aliphatic rings. The molecule has 0 rings (SSSR count). The van der Waals surface area contributed by atoms with Crippen molar-refractivity contribution in [2.45, 2.75) is 174 Å². The summed E-state index contributed by atoms with van der Waals surface area (Å²) in [6.45, 7) is 3.45. The monoisotopic (exact) mass is 756 g/mol. The molecule has 0 saturated carbocycles. The molecule has 0 aliphatic carbocycles. The molecule has 0 aromatic heterocycles. The molecule has 52 heavy (non-hydrogen) atoms. The lowest BCUT2D eigenvalue weighted by Gasteiger charge is -2.19. The second-order valence-electron chi connectivity index (χ2n) is 13.3. The Labute approximate surface area is 316 Å². The van der Waals surface area contributed by atoms with Crippen LogP contribution >= 0.6 is 7.82 Å². The number of ether oxygens (including phenoxy) is 2. The van der Waals surface area contributed by atoms with Gasteiger partial charge in [-0.25, -0.2) is 4.57 Å². The molecule has 0 heterocycles. The second-order valence-corrected chi connectivity index (χ2v) is 14.8. The van der Waals surface area contributed by atoms with E-state index < -0.39 is 38.6 Å². The highest BCUT2D eigenvalue weighted by Gasteiger charge is 2.26. The lowest BCUT2D eigenvalue weighted by molar-refractivity contribution is -0.161. The van der Waals surface area contributed by atoms with Gasteiger partial charge in [-0.1, -0.05) is 133 Å². The SMILES string of the molecule is CC/C=C/CC(O)/C=C/C=C/CCCCCCCC(=O)OC[C@H](COP(=O)(O)OCCN)OC(=O)CCCCCCCCC/C=C\CCCCCC. The number of hydrogen-bond donors (Lipinski definition) is 3. The molecule has 0 saturated heterocycles. The van der Waals surface area contributed by atoms with Gasteiger partial charge < -0.3 is 25.2 Å². The van der Waals surface area contributed by atoms with E-state index in [2.05, 4.69) is 32.1 Å². The number of aliphatic hydroxyl groups is 1. The number of aliphatic hydroxyl groups excluding tert-OH is 1. The Bertz CT molecular complexity index is 1010. The predicted molar refractivity (Wildman–Crippen MR) is 212 cm³/mol. The molecule has 0 spiro atoms. The number of nitrogens with two attached hydrogens (primary N) is 1. The van der Waals surface area contributed by atoms with Crippen LogP contribution in [0.2, 0.25) is 0 Å². The standard InChI is InChI=1S/C41H74NO9P/c1-3-5-7-8-9-10-11-12-13-14-15-18-22-25-29-33-41(45)51-39(37-50-52(46,47)49-35-34-42)36-48-40(44)32-28-24-21-19-16-17-20-23-27-31-38(43)30-26-6-4-2/h6,10-11,20,23,26-27,31,38-39,43H,3-5,7-9,12-19,21-22,24-25,28-30,32-37,42H2,1-2H3,(H,46,47)/b11-10-,23-20+,26-6+,31-27+/t38?,39-/m1/s1. The number of rotatable bonds is 37. The number of unbranched alkanes of at least 4 members (excludes halogenated alkanes) is 16. The molecule has 0 aliphatic heterocycles. The summed E-state index contributed by atoms with van der Waals surface area (Å²) in [5.74, 6) is -0.891. The minimum absolute atomic E-state index is 0.0403. The van der Waals surface area contributed by atoms with Gasteiger partial charge in [0, 0.05) is 19.4 Å². The minimum Gasteiger partial charge on any atom is -0.462 e. The van der Waals surface area contributed by atoms with Gasteiger partial charge in [-0.05, 0) is 64.2 Å². The molecular formula is C41H74NO9P. The predicted octanol–water partition coefficient (Wildman–Crippen LogP) is 10.1. The largest absolute Gasteiger partial charge is 0.472 e. The number of phosphoric acid groups is 1. The van der Waals surface area contributed by atoms with E-state index in [-0.39, 0.29) is 32.6 Å². The van der Waals surface area contributed by atoms with Crippen molar-refractivity contribution in [2.24, 2.45) is 5.73 Å². The zero-order valence-electron chi connectivity index (χ0n) is 32.6. The van der Waals surface area contributed by atoms with E-state index in [9.17, 15) is 24.2 Å². The van der Waals surface area contributed by atoms with Crippen molar-refractivity contribution < 1.29 is 42.7 Å². The van der Waals surface area contributed by atoms with Crippen LogP contribution in [0.5, 0.6) is 0 Å². The van der Waals surface area contributed by atoms with Gasteiger partial charge in [-0.3, -0.25) is 18.6 Å². The molecule has 4 N–H and O–H groups in total. The van der Waals surface area contributed by atoms with Gasteiger partial charge in [0.05, 0.1) is 19.3 Å². The fourth-order valence-electron chi connectivity index (χ4n) is 5.25. The van der Waals surface area contributed by atoms with Gasteiger partial charge in [0.2, 0.25) is 0 Å². The molecule has 10 nitrogen and oxygen atoms in total. The third-order valence-electron chi connectivity index (χ3n) is 8.28. The molecule has 3 atom stereocenters. The Balaban J connectivity index is 4.27. The van der Waals surface area contributed by atoms with Crippen molar-refractivity contribution in [3.63, 3.8) is 0 Å². The first-order valence-corrected chi connectivity index (χ1v) is 21.7. The molecule has 2 unspecified atom stereocenters. The van der Waals surface area contributed by atoms with Crippen LogP contribution in [0, 0.1) is 0 Å². The summed E-state index contributed by atoms with van der Waals surface area (Å²) in [6, 6.07) is 0. The van der Waals surface area contributed by atoms with Gasteiger partial charge in [-0.15, -0.1) is 0 Å². The third-order valence-corrected chi connectivity index (χ3v) is 9.26. The van der Waals surface area contributed by atoms with E-state index in [1.807, 2.05) is 24.3 Å². The molecule has 0 aromatic carbocycles. The van der Waals surface area contributed by atoms with Crippen LogP contribution in [0.3, 0.4) is 0 Å². The normalized spacial score (nSPS) is 14.5. The highest BCUT2D eigenvalue weighted by atomic mass is 31.2. The number of esters is 2. The molecule has 11 heteroatoms. The topological polar surface area (TPSA) is 155 Å². The zero-order valence-corrected chi connectivity index (χ0v) is 33.5. The smallest absolute Gasteiger partial charge is 0.462 e. The summed E-state index contributed by atoms with van der Waals surface area (Å²) in [7, 11) is -4.39. The average Bonchev–Trinajstić information content (AvgIpc) is 3.12. The van der Waals surface area contributed by atoms with Crippen LogP contribution in [0.25, 0.3) is 0 Å². The minimum atomic E-state index is -4.39. The van der Waals surface area contributed by atoms with Crippen LogP contribution in [0.4, 0.5) is 0 Å². The Kier molecular flexibility index (Phi) is 35.8. The van der Waals surface area contributed by atoms with Crippen molar-refractivity contribution in [1.82, 2.24) is 0 Å². The van der Waals surface area contributed by atoms with Gasteiger partial charge >= 0.3 is 19.8 Å². The first kappa shape index (κ1) is 49.9. The molecular weight excluding hydrogens is 681 g/mol. The summed E-state index contributed by atoms with van der Waals surface area (Å²) in [5.41, 5.74) is 5.33. The highest BCUT2D eigenvalue weighted by Crippen LogP contribution is 2.43. The summed E-state index contributed by atoms with van der Waals surface area (Å²) in [6.07, 6.45) is 37.5. The van der Waals surface area contributed by atoms with Crippen molar-refractivity contribution in [3.8, 4) is 0 Å². The van der Waals surface area contributed by atoms with Crippen molar-refractivity contribution in [3.05, 3.63) is 48.6 Å². The van der Waals surface area contributed by atoms with Gasteiger partial charge in [0.15, 0.2) is 6.10 Å². The highest BCUT2D eigenvalue weighted by molar-refractivity contribution is 7.47. The summed E-state index contributed by atoms with van der Waals surface area (Å²) in [5, 5.41) is 9.85. The maximum atomic E-state index is 12.5. The number of hydrogen-bond acceptors (Lipinski definition) is 9. The maximum absolute atomic E-state index is 12.5. The van der Waals surface area contributed by atoms with E-state index in [1.54, 1.807) is 6.08 Å². The molecule has 0 aromatic rings. The van der Waals surface area contributed by atoms with Crippen molar-refractivity contribution >= 4 is 19.8 Å². The summed E-state index contributed by atoms with van der Waals surface area (Å²) < 4.78 is 32.7. The van der Waals surface area contributed by atoms with E-state index in [1.165, 1.54) is 51.4 Å². The Morgan fingerprint density at radius 2 is 1.23 bits per heavy atom. The molecule has 0 bridgehead atoms. The number of phosphoric ester groups is 1. The first-order chi connectivity index (χ1) is 25.2. The quantitative estimate of drug-likeness (QED) is 0.0183. The summed E-state index contributed by atoms with van der Waals surface area (Å²) >= 11 is 0. The van der Waals surface area contributed by atoms with E-state index in [0.717, 1.165) is 64.2 Å². The molecule has 0 amide bonds. The lowest BCUT2D eigenvalue weighted by Crippen LogP contribution is -2.29. The maximum Gasteiger partial charge on any atom is 0.472 e. The first-order valence-electron chi connectivity index (χ1n) is 20.2. The number of allylic oxidation sites excluding steroid dienone is 6. The fourth-order valence-corrected chi connectivity index (χ4v) is 6.02. The van der Waals surface area contributed by atoms with E-state index in [0.29, 0.717) is 19.3 Å². The van der Waals surface area contributed by atoms with Gasteiger partial charge in [0.1, 0.15) is 6.61 Å². The van der Waals surface area contributed by atoms with Crippen molar-refractivity contribution in [2.75, 3.05) is 26.4 Å². The van der Waals surface area contributed by atoms with Crippen molar-refractivity contribution in [1.29, 1.82) is 0 Å². The second kappa shape index (κ2) is 37.3. The van der Waals surface area contributed by atoms with Gasteiger partial charge in [0.25, 0.3) is 0 Å². The zero-order chi connectivity index (χ0) is 38.4. The molecule has 302 valence electrons. The van der Waals surface area contributed by atoms with Crippen LogP contribution in [-0.2, 0) is 32.7 Å². The van der Waals surface area contributed by atoms with Crippen LogP contribution in [0.1, 0.15) is 162 Å². The Morgan fingerprint density at radius 3 is 1.83 bits per heavy atom. The lowest BCUT2D eigenvalue weighted by atomic mass is 10.1. The van der Waals surface area contributed by atoms with Crippen LogP contribution < -0.4 is 5.73 Å². The van der Waals surface area contributed by atoms with Gasteiger partial charge in [-0.2, -0.15) is 0 Å². The molecule has 0 fully saturated rings. The summed E-state index contributed by atoms with van der Waals surface area (Å²) in [4.78, 5) is 34.8. The average molecular weight is 756 g/mol. The Morgan fingerprint density at radius 1 is 0.673 bits per heavy atom. The fraction of sp³-hybridized carbons (Fsp3) is 0.756. The number of carbonyl (C=O) groups excluding carboxylic acids is 2. The van der Waals surface area contributed by atoms with E-state index in [4.69, 9.17) is 24.3 Å². The van der Waals surface area contributed by atoms with Crippen LogP contribution in [0.15, 0.2) is 48.6 Å². The Hall–Kier alpha value is -2.07. The van der Waals surface area contributed by atoms with Crippen LogP contribution in [-0.4, -0.2) is 60.5 Å². The molecule has 0 radical (unpaired) electrons.